The molecule has 0 aliphatic heterocycles. The summed E-state index contributed by atoms with van der Waals surface area (Å²) in [5, 5.41) is 0. The highest BCUT2D eigenvalue weighted by molar-refractivity contribution is 4.66. The van der Waals surface area contributed by atoms with Gasteiger partial charge >= 0.3 is 0 Å². The second kappa shape index (κ2) is 39.0. The Balaban J connectivity index is 0. The van der Waals surface area contributed by atoms with Crippen molar-refractivity contribution in [2.24, 2.45) is 0 Å². The molecule has 0 aliphatic carbocycles. The lowest BCUT2D eigenvalue weighted by Gasteiger charge is -2.02. The normalized spacial score (nSPS) is 10.7. The van der Waals surface area contributed by atoms with E-state index in [9.17, 15) is 0 Å². The molecule has 0 amide bonds. The Kier molecular flexibility index (Phi) is 40.8. The maximum Gasteiger partial charge on any atom is -0.0353 e. The van der Waals surface area contributed by atoms with Crippen LogP contribution in [0.15, 0.2) is 25.3 Å². The molecule has 0 unspecified atom stereocenters. The Hall–Kier alpha value is -0.520. The highest BCUT2D eigenvalue weighted by atomic mass is 14.0. The van der Waals surface area contributed by atoms with Gasteiger partial charge in [-0.2, -0.15) is 0 Å². The summed E-state index contributed by atoms with van der Waals surface area (Å²) in [4.78, 5) is 0. The SMILES string of the molecule is C=CCCCCCCCCCCCCCCCC.C=CCCCCCCCCCCCCCCCC. The Morgan fingerprint density at radius 3 is 0.611 bits per heavy atom. The maximum atomic E-state index is 3.76. The van der Waals surface area contributed by atoms with Gasteiger partial charge in [0.15, 0.2) is 0 Å². The average Bonchev–Trinajstić information content (AvgIpc) is 2.89. The summed E-state index contributed by atoms with van der Waals surface area (Å²) in [6.07, 6.45) is 46.9. The molecule has 0 fully saturated rings. The third-order valence-electron chi connectivity index (χ3n) is 7.52. The number of hydrogen-bond donors (Lipinski definition) is 0. The van der Waals surface area contributed by atoms with E-state index in [0.717, 1.165) is 0 Å². The molecule has 0 atom stereocenters. The topological polar surface area (TPSA) is 0 Å². The molecule has 36 heavy (non-hydrogen) atoms. The van der Waals surface area contributed by atoms with Gasteiger partial charge < -0.3 is 0 Å². The molecule has 0 aromatic rings. The Labute approximate surface area is 231 Å². The number of hydrogen-bond acceptors (Lipinski definition) is 0. The lowest BCUT2D eigenvalue weighted by Crippen LogP contribution is -1.83. The molecule has 0 aromatic heterocycles. The van der Waals surface area contributed by atoms with Crippen LogP contribution in [0, 0.1) is 0 Å². The van der Waals surface area contributed by atoms with Crippen molar-refractivity contribution < 1.29 is 0 Å². The van der Waals surface area contributed by atoms with Crippen LogP contribution >= 0.6 is 0 Å². The molecule has 0 bridgehead atoms. The molecule has 0 saturated heterocycles. The summed E-state index contributed by atoms with van der Waals surface area (Å²) in [5.74, 6) is 0. The minimum atomic E-state index is 1.21. The lowest BCUT2D eigenvalue weighted by molar-refractivity contribution is 0.536. The molecule has 0 heterocycles. The van der Waals surface area contributed by atoms with Crippen LogP contribution in [0.25, 0.3) is 0 Å². The molecule has 216 valence electrons. The molecular weight excluding hydrogens is 432 g/mol. The van der Waals surface area contributed by atoms with Gasteiger partial charge in [-0.05, 0) is 25.7 Å². The molecule has 0 nitrogen and oxygen atoms in total. The van der Waals surface area contributed by atoms with E-state index < -0.39 is 0 Å². The molecule has 0 radical (unpaired) electrons. The smallest absolute Gasteiger partial charge is 0.0353 e. The van der Waals surface area contributed by atoms with Crippen LogP contribution in [0.2, 0.25) is 0 Å². The van der Waals surface area contributed by atoms with Crippen LogP contribution in [0.1, 0.15) is 206 Å². The summed E-state index contributed by atoms with van der Waals surface area (Å²) in [6.45, 7) is 12.1. The van der Waals surface area contributed by atoms with Gasteiger partial charge in [0.1, 0.15) is 0 Å². The molecule has 0 spiro atoms. The number of unbranched alkanes of at least 4 members (excludes halogenated alkanes) is 28. The minimum Gasteiger partial charge on any atom is -0.103 e. The van der Waals surface area contributed by atoms with Gasteiger partial charge in [0, 0.05) is 0 Å². The summed E-state index contributed by atoms with van der Waals surface area (Å²) in [7, 11) is 0. The summed E-state index contributed by atoms with van der Waals surface area (Å²) < 4.78 is 0. The van der Waals surface area contributed by atoms with Crippen molar-refractivity contribution in [1.29, 1.82) is 0 Å². The zero-order valence-electron chi connectivity index (χ0n) is 25.8. The van der Waals surface area contributed by atoms with Gasteiger partial charge in [-0.25, -0.2) is 0 Å². The molecule has 0 heteroatoms. The first kappa shape index (κ1) is 37.6. The summed E-state index contributed by atoms with van der Waals surface area (Å²) >= 11 is 0. The Bertz CT molecular complexity index is 332. The van der Waals surface area contributed by atoms with Crippen LogP contribution < -0.4 is 0 Å². The van der Waals surface area contributed by atoms with Crippen molar-refractivity contribution in [1.82, 2.24) is 0 Å². The zero-order chi connectivity index (χ0) is 26.6. The standard InChI is InChI=1S/2C18H36/c2*1-3-5-7-9-11-13-15-17-18-16-14-12-10-8-6-4-2/h2*3H,1,4-18H2,2H3. The first-order chi connectivity index (χ1) is 17.8. The van der Waals surface area contributed by atoms with E-state index in [1.807, 2.05) is 12.2 Å². The maximum absolute atomic E-state index is 3.76. The number of allylic oxidation sites excluding steroid dienone is 2. The van der Waals surface area contributed by atoms with Crippen molar-refractivity contribution >= 4 is 0 Å². The van der Waals surface area contributed by atoms with Gasteiger partial charge in [-0.15, -0.1) is 13.2 Å². The quantitative estimate of drug-likeness (QED) is 0.0673. The number of rotatable bonds is 30. The molecule has 0 rings (SSSR count). The van der Waals surface area contributed by atoms with Crippen molar-refractivity contribution in [2.75, 3.05) is 0 Å². The fourth-order valence-electron chi connectivity index (χ4n) is 4.97. The van der Waals surface area contributed by atoms with Gasteiger partial charge in [0.05, 0.1) is 0 Å². The molecule has 0 saturated carbocycles. The average molecular weight is 505 g/mol. The summed E-state index contributed by atoms with van der Waals surface area (Å²) in [5.41, 5.74) is 0. The lowest BCUT2D eigenvalue weighted by atomic mass is 10.0. The second-order valence-corrected chi connectivity index (χ2v) is 11.3. The highest BCUT2D eigenvalue weighted by Gasteiger charge is 1.94. The zero-order valence-corrected chi connectivity index (χ0v) is 25.8. The Morgan fingerprint density at radius 2 is 0.444 bits per heavy atom. The van der Waals surface area contributed by atoms with Crippen molar-refractivity contribution in [3.8, 4) is 0 Å². The van der Waals surface area contributed by atoms with Crippen molar-refractivity contribution in [2.45, 2.75) is 206 Å². The predicted octanol–water partition coefficient (Wildman–Crippen LogP) is 14.1. The molecule has 0 aromatic carbocycles. The van der Waals surface area contributed by atoms with Crippen LogP contribution in [-0.2, 0) is 0 Å². The van der Waals surface area contributed by atoms with Gasteiger partial charge in [0.2, 0.25) is 0 Å². The van der Waals surface area contributed by atoms with Crippen LogP contribution in [0.3, 0.4) is 0 Å². The predicted molar refractivity (Wildman–Crippen MR) is 170 cm³/mol. The van der Waals surface area contributed by atoms with E-state index in [-0.39, 0.29) is 0 Å². The van der Waals surface area contributed by atoms with Gasteiger partial charge in [-0.1, -0.05) is 193 Å². The fourth-order valence-corrected chi connectivity index (χ4v) is 4.97. The van der Waals surface area contributed by atoms with E-state index in [0.29, 0.717) is 0 Å². The van der Waals surface area contributed by atoms with E-state index in [1.54, 1.807) is 0 Å². The van der Waals surface area contributed by atoms with Crippen molar-refractivity contribution in [3.63, 3.8) is 0 Å². The van der Waals surface area contributed by atoms with Gasteiger partial charge in [0.25, 0.3) is 0 Å². The van der Waals surface area contributed by atoms with Crippen LogP contribution in [0.5, 0.6) is 0 Å². The van der Waals surface area contributed by atoms with E-state index >= 15 is 0 Å². The highest BCUT2D eigenvalue weighted by Crippen LogP contribution is 2.14. The van der Waals surface area contributed by atoms with E-state index in [1.165, 1.54) is 193 Å². The largest absolute Gasteiger partial charge is 0.103 e. The van der Waals surface area contributed by atoms with Gasteiger partial charge in [-0.3, -0.25) is 0 Å². The Morgan fingerprint density at radius 1 is 0.278 bits per heavy atom. The fraction of sp³-hybridized carbons (Fsp3) is 0.889. The first-order valence-corrected chi connectivity index (χ1v) is 17.0. The second-order valence-electron chi connectivity index (χ2n) is 11.3. The van der Waals surface area contributed by atoms with Crippen molar-refractivity contribution in [3.05, 3.63) is 25.3 Å². The van der Waals surface area contributed by atoms with Crippen LogP contribution in [-0.4, -0.2) is 0 Å². The molecular formula is C36H72. The third kappa shape index (κ3) is 40.6. The summed E-state index contributed by atoms with van der Waals surface area (Å²) in [6, 6.07) is 0. The van der Waals surface area contributed by atoms with E-state index in [4.69, 9.17) is 0 Å². The first-order valence-electron chi connectivity index (χ1n) is 17.0. The third-order valence-corrected chi connectivity index (χ3v) is 7.52. The minimum absolute atomic E-state index is 1.21. The monoisotopic (exact) mass is 505 g/mol. The van der Waals surface area contributed by atoms with Crippen LogP contribution in [0.4, 0.5) is 0 Å². The molecule has 0 N–H and O–H groups in total. The van der Waals surface area contributed by atoms with E-state index in [2.05, 4.69) is 27.0 Å². The molecule has 0 aliphatic rings.